The molecule has 1 aromatic carbocycles. The average Bonchev–Trinajstić information content (AvgIpc) is 2.78. The van der Waals surface area contributed by atoms with E-state index in [1.807, 2.05) is 0 Å². The van der Waals surface area contributed by atoms with Crippen LogP contribution in [0, 0.1) is 5.82 Å². The van der Waals surface area contributed by atoms with Gasteiger partial charge in [-0.1, -0.05) is 12.1 Å². The number of hydrazone groups is 1. The first-order valence-electron chi connectivity index (χ1n) is 5.53. The van der Waals surface area contributed by atoms with Gasteiger partial charge in [-0.15, -0.1) is 0 Å². The lowest BCUT2D eigenvalue weighted by molar-refractivity contribution is -0.120. The second-order valence-electron chi connectivity index (χ2n) is 3.90. The molecule has 0 saturated heterocycles. The van der Waals surface area contributed by atoms with Crippen molar-refractivity contribution in [3.63, 3.8) is 0 Å². The second-order valence-corrected chi connectivity index (χ2v) is 3.90. The number of nitrogens with zero attached hydrogens (tertiary/aromatic N) is 1. The van der Waals surface area contributed by atoms with Crippen molar-refractivity contribution in [3.8, 4) is 0 Å². The molecule has 0 saturated carbocycles. The number of halogens is 1. The van der Waals surface area contributed by atoms with Crippen LogP contribution in [0.5, 0.6) is 0 Å². The van der Waals surface area contributed by atoms with E-state index in [9.17, 15) is 14.0 Å². The van der Waals surface area contributed by atoms with E-state index in [4.69, 9.17) is 0 Å². The van der Waals surface area contributed by atoms with Crippen molar-refractivity contribution in [2.75, 3.05) is 6.54 Å². The van der Waals surface area contributed by atoms with Gasteiger partial charge in [0, 0.05) is 6.54 Å². The van der Waals surface area contributed by atoms with Gasteiger partial charge in [0.25, 0.3) is 5.91 Å². The third-order valence-electron chi connectivity index (χ3n) is 2.52. The molecule has 1 aliphatic heterocycles. The van der Waals surface area contributed by atoms with Crippen LogP contribution < -0.4 is 10.7 Å². The number of hydrogen-bond donors (Lipinski definition) is 2. The molecule has 0 radical (unpaired) electrons. The Balaban J connectivity index is 1.77. The Morgan fingerprint density at radius 3 is 2.72 bits per heavy atom. The molecule has 0 fully saturated rings. The zero-order chi connectivity index (χ0) is 13.0. The van der Waals surface area contributed by atoms with E-state index in [-0.39, 0.29) is 29.8 Å². The Morgan fingerprint density at radius 2 is 2.11 bits per heavy atom. The van der Waals surface area contributed by atoms with E-state index in [0.29, 0.717) is 13.0 Å². The Labute approximate surface area is 103 Å². The molecule has 2 N–H and O–H groups in total. The van der Waals surface area contributed by atoms with Crippen LogP contribution in [0.15, 0.2) is 29.4 Å². The highest BCUT2D eigenvalue weighted by atomic mass is 19.1. The summed E-state index contributed by atoms with van der Waals surface area (Å²) in [6.45, 7) is 0.414. The first-order valence-corrected chi connectivity index (χ1v) is 5.53. The van der Waals surface area contributed by atoms with Gasteiger partial charge in [-0.2, -0.15) is 5.10 Å². The molecule has 0 spiro atoms. The van der Waals surface area contributed by atoms with Gasteiger partial charge in [0.05, 0.1) is 6.42 Å². The smallest absolute Gasteiger partial charge is 0.268 e. The standard InChI is InChI=1S/C12H12FN3O2/c13-9-3-1-8(2-4-9)5-6-14-12(18)10-7-11(17)16-15-10/h1-4H,5-7H2,(H,14,18)(H,16,17). The molecule has 1 heterocycles. The zero-order valence-corrected chi connectivity index (χ0v) is 9.57. The maximum absolute atomic E-state index is 12.7. The minimum Gasteiger partial charge on any atom is -0.351 e. The van der Waals surface area contributed by atoms with Gasteiger partial charge in [0.15, 0.2) is 0 Å². The number of benzene rings is 1. The van der Waals surface area contributed by atoms with Crippen molar-refractivity contribution in [2.24, 2.45) is 5.10 Å². The lowest BCUT2D eigenvalue weighted by Gasteiger charge is -2.04. The summed E-state index contributed by atoms with van der Waals surface area (Å²) in [5, 5.41) is 6.26. The third kappa shape index (κ3) is 3.13. The van der Waals surface area contributed by atoms with Crippen LogP contribution >= 0.6 is 0 Å². The highest BCUT2D eigenvalue weighted by Crippen LogP contribution is 2.03. The fraction of sp³-hybridized carbons (Fsp3) is 0.250. The Hall–Kier alpha value is -2.24. The molecule has 0 bridgehead atoms. The predicted molar refractivity (Wildman–Crippen MR) is 63.3 cm³/mol. The quantitative estimate of drug-likeness (QED) is 0.808. The first kappa shape index (κ1) is 12.2. The largest absolute Gasteiger partial charge is 0.351 e. The van der Waals surface area contributed by atoms with Crippen molar-refractivity contribution in [1.29, 1.82) is 0 Å². The Bertz CT molecular complexity index is 497. The molecule has 0 unspecified atom stereocenters. The first-order chi connectivity index (χ1) is 8.65. The van der Waals surface area contributed by atoms with Gasteiger partial charge in [-0.3, -0.25) is 9.59 Å². The fourth-order valence-electron chi connectivity index (χ4n) is 1.57. The maximum atomic E-state index is 12.7. The number of nitrogens with one attached hydrogen (secondary N) is 2. The number of amides is 2. The molecular weight excluding hydrogens is 237 g/mol. The fourth-order valence-corrected chi connectivity index (χ4v) is 1.57. The van der Waals surface area contributed by atoms with Crippen molar-refractivity contribution >= 4 is 17.5 Å². The molecular formula is C12H12FN3O2. The lowest BCUT2D eigenvalue weighted by atomic mass is 10.1. The maximum Gasteiger partial charge on any atom is 0.268 e. The molecule has 5 nitrogen and oxygen atoms in total. The number of rotatable bonds is 4. The molecule has 94 valence electrons. The van der Waals surface area contributed by atoms with Crippen LogP contribution in [0.1, 0.15) is 12.0 Å². The monoisotopic (exact) mass is 249 g/mol. The second kappa shape index (κ2) is 5.39. The predicted octanol–water partition coefficient (Wildman–Crippen LogP) is 0.360. The van der Waals surface area contributed by atoms with E-state index in [0.717, 1.165) is 5.56 Å². The highest BCUT2D eigenvalue weighted by molar-refractivity contribution is 6.43. The molecule has 0 aromatic heterocycles. The number of carbonyl (C=O) groups is 2. The van der Waals surface area contributed by atoms with E-state index >= 15 is 0 Å². The summed E-state index contributed by atoms with van der Waals surface area (Å²) in [6.07, 6.45) is 0.614. The summed E-state index contributed by atoms with van der Waals surface area (Å²) < 4.78 is 12.7. The van der Waals surface area contributed by atoms with E-state index in [1.165, 1.54) is 12.1 Å². The van der Waals surface area contributed by atoms with Gasteiger partial charge >= 0.3 is 0 Å². The summed E-state index contributed by atoms with van der Waals surface area (Å²) in [5.74, 6) is -0.915. The minimum absolute atomic E-state index is 0.0163. The van der Waals surface area contributed by atoms with E-state index in [2.05, 4.69) is 15.8 Å². The molecule has 0 aliphatic carbocycles. The van der Waals surface area contributed by atoms with Crippen LogP contribution in [0.3, 0.4) is 0 Å². The van der Waals surface area contributed by atoms with Crippen LogP contribution in [0.25, 0.3) is 0 Å². The molecule has 6 heteroatoms. The lowest BCUT2D eigenvalue weighted by Crippen LogP contribution is -2.32. The number of carbonyl (C=O) groups excluding carboxylic acids is 2. The van der Waals surface area contributed by atoms with E-state index < -0.39 is 0 Å². The molecule has 2 amide bonds. The van der Waals surface area contributed by atoms with E-state index in [1.54, 1.807) is 12.1 Å². The van der Waals surface area contributed by atoms with Crippen molar-refractivity contribution < 1.29 is 14.0 Å². The summed E-state index contributed by atoms with van der Waals surface area (Å²) in [4.78, 5) is 22.4. The topological polar surface area (TPSA) is 70.6 Å². The van der Waals surface area contributed by atoms with Gasteiger partial charge in [0.1, 0.15) is 11.5 Å². The van der Waals surface area contributed by atoms with Gasteiger partial charge in [0.2, 0.25) is 5.91 Å². The highest BCUT2D eigenvalue weighted by Gasteiger charge is 2.20. The number of hydrogen-bond acceptors (Lipinski definition) is 3. The van der Waals surface area contributed by atoms with Crippen LogP contribution in [-0.4, -0.2) is 24.1 Å². The molecule has 1 aromatic rings. The minimum atomic E-state index is -0.351. The van der Waals surface area contributed by atoms with Crippen LogP contribution in [0.4, 0.5) is 4.39 Å². The van der Waals surface area contributed by atoms with Gasteiger partial charge < -0.3 is 5.32 Å². The Kier molecular flexibility index (Phi) is 3.66. The normalized spacial score (nSPS) is 14.1. The average molecular weight is 249 g/mol. The van der Waals surface area contributed by atoms with Crippen LogP contribution in [-0.2, 0) is 16.0 Å². The van der Waals surface area contributed by atoms with Gasteiger partial charge in [-0.25, -0.2) is 9.82 Å². The molecule has 2 rings (SSSR count). The molecule has 1 aliphatic rings. The summed E-state index contributed by atoms with van der Waals surface area (Å²) in [7, 11) is 0. The SMILES string of the molecule is O=C1CC(C(=O)NCCc2ccc(F)cc2)=NN1. The van der Waals surface area contributed by atoms with Crippen molar-refractivity contribution in [2.45, 2.75) is 12.8 Å². The van der Waals surface area contributed by atoms with Crippen molar-refractivity contribution in [1.82, 2.24) is 10.7 Å². The molecule has 18 heavy (non-hydrogen) atoms. The van der Waals surface area contributed by atoms with Gasteiger partial charge in [-0.05, 0) is 24.1 Å². The Morgan fingerprint density at radius 1 is 1.39 bits per heavy atom. The third-order valence-corrected chi connectivity index (χ3v) is 2.52. The summed E-state index contributed by atoms with van der Waals surface area (Å²) in [6, 6.07) is 6.08. The summed E-state index contributed by atoms with van der Waals surface area (Å²) >= 11 is 0. The molecule has 0 atom stereocenters. The zero-order valence-electron chi connectivity index (χ0n) is 9.57. The van der Waals surface area contributed by atoms with Crippen LogP contribution in [0.2, 0.25) is 0 Å². The van der Waals surface area contributed by atoms with Crippen molar-refractivity contribution in [3.05, 3.63) is 35.6 Å². The summed E-state index contributed by atoms with van der Waals surface area (Å²) in [5.41, 5.74) is 3.33.